The summed E-state index contributed by atoms with van der Waals surface area (Å²) in [6.07, 6.45) is 4.20. The molecule has 1 aliphatic heterocycles. The van der Waals surface area contributed by atoms with Gasteiger partial charge in [0.1, 0.15) is 0 Å². The predicted molar refractivity (Wildman–Crippen MR) is 149 cm³/mol. The van der Waals surface area contributed by atoms with Crippen LogP contribution in [0.2, 0.25) is 0 Å². The number of hydrogen-bond donors (Lipinski definition) is 2. The topological polar surface area (TPSA) is 104 Å². The van der Waals surface area contributed by atoms with Crippen molar-refractivity contribution in [1.29, 1.82) is 0 Å². The molecule has 2 aromatic carbocycles. The highest BCUT2D eigenvalue weighted by molar-refractivity contribution is 6.37. The van der Waals surface area contributed by atoms with E-state index in [4.69, 9.17) is 4.74 Å². The fraction of sp³-hybridized carbons (Fsp3) is 0.241. The fourth-order valence-electron chi connectivity index (χ4n) is 4.34. The van der Waals surface area contributed by atoms with Gasteiger partial charge in [0.05, 0.1) is 29.6 Å². The zero-order valence-electron chi connectivity index (χ0n) is 21.9. The third-order valence-electron chi connectivity index (χ3n) is 6.20. The molecule has 1 aliphatic rings. The molecule has 2 heterocycles. The second-order valence-electron chi connectivity index (χ2n) is 9.20. The molecule has 0 fully saturated rings. The van der Waals surface area contributed by atoms with Crippen molar-refractivity contribution in [3.05, 3.63) is 83.7 Å². The summed E-state index contributed by atoms with van der Waals surface area (Å²) in [6, 6.07) is 16.2. The highest BCUT2D eigenvalue weighted by Gasteiger charge is 2.29. The molecule has 38 heavy (non-hydrogen) atoms. The Hall–Kier alpha value is -4.50. The predicted octanol–water partition coefficient (Wildman–Crippen LogP) is 4.11. The lowest BCUT2D eigenvalue weighted by molar-refractivity contribution is -0.116. The van der Waals surface area contributed by atoms with Crippen LogP contribution in [0.5, 0.6) is 0 Å². The molecule has 0 unspecified atom stereocenters. The molecule has 4 rings (SSSR count). The number of hydrogen-bond acceptors (Lipinski definition) is 7. The second-order valence-corrected chi connectivity index (χ2v) is 9.20. The maximum Gasteiger partial charge on any atom is 0.337 e. The Bertz CT molecular complexity index is 1370. The van der Waals surface area contributed by atoms with Crippen LogP contribution in [0.15, 0.2) is 67.0 Å². The molecule has 1 aromatic heterocycles. The van der Waals surface area contributed by atoms with Crippen molar-refractivity contribution in [2.75, 3.05) is 49.8 Å². The van der Waals surface area contributed by atoms with Gasteiger partial charge in [-0.1, -0.05) is 6.07 Å². The first kappa shape index (κ1) is 26.6. The van der Waals surface area contributed by atoms with Gasteiger partial charge in [0.25, 0.3) is 5.91 Å². The van der Waals surface area contributed by atoms with Gasteiger partial charge in [-0.3, -0.25) is 14.6 Å². The summed E-state index contributed by atoms with van der Waals surface area (Å²) in [7, 11) is 5.33. The van der Waals surface area contributed by atoms with Crippen molar-refractivity contribution in [3.63, 3.8) is 0 Å². The molecular weight excluding hydrogens is 482 g/mol. The number of esters is 1. The van der Waals surface area contributed by atoms with Crippen LogP contribution in [0.1, 0.15) is 34.8 Å². The maximum atomic E-state index is 13.2. The first-order valence-corrected chi connectivity index (χ1v) is 12.3. The number of ether oxygens (including phenoxy) is 1. The third-order valence-corrected chi connectivity index (χ3v) is 6.20. The van der Waals surface area contributed by atoms with Crippen LogP contribution in [0.4, 0.5) is 17.1 Å². The standard InChI is InChI=1S/C29H31N5O4/c1-19(35)34(16-6-15-33(2)3)23-11-9-22(10-12-23)31-27(21-7-5-14-30-18-21)26-24-13-8-20(29(37)38-4)17-25(24)32-28(26)36/h5,7-14,17-18,31H,6,15-16H2,1-4H3,(H,32,36). The zero-order chi connectivity index (χ0) is 27.2. The summed E-state index contributed by atoms with van der Waals surface area (Å²) in [4.78, 5) is 45.5. The minimum absolute atomic E-state index is 0.0202. The molecular formula is C29H31N5O4. The van der Waals surface area contributed by atoms with Crippen molar-refractivity contribution in [1.82, 2.24) is 9.88 Å². The Balaban J connectivity index is 1.68. The van der Waals surface area contributed by atoms with E-state index in [1.165, 1.54) is 7.11 Å². The van der Waals surface area contributed by atoms with E-state index < -0.39 is 5.97 Å². The van der Waals surface area contributed by atoms with Crippen LogP contribution in [0.3, 0.4) is 0 Å². The quantitative estimate of drug-likeness (QED) is 0.328. The Kier molecular flexibility index (Phi) is 8.18. The van der Waals surface area contributed by atoms with Gasteiger partial charge in [0.2, 0.25) is 5.91 Å². The van der Waals surface area contributed by atoms with Crippen LogP contribution in [-0.4, -0.2) is 62.0 Å². The number of pyridine rings is 1. The number of aromatic nitrogens is 1. The van der Waals surface area contributed by atoms with Crippen LogP contribution >= 0.6 is 0 Å². The third kappa shape index (κ3) is 5.90. The number of nitrogens with zero attached hydrogens (tertiary/aromatic N) is 3. The number of benzene rings is 2. The molecule has 0 radical (unpaired) electrons. The maximum absolute atomic E-state index is 13.2. The number of nitrogens with one attached hydrogen (secondary N) is 2. The normalized spacial score (nSPS) is 13.6. The lowest BCUT2D eigenvalue weighted by Gasteiger charge is -2.23. The molecule has 2 N–H and O–H groups in total. The average Bonchev–Trinajstić information content (AvgIpc) is 3.24. The van der Waals surface area contributed by atoms with E-state index in [1.807, 2.05) is 44.4 Å². The van der Waals surface area contributed by atoms with E-state index in [0.717, 1.165) is 29.9 Å². The molecule has 3 aromatic rings. The highest BCUT2D eigenvalue weighted by Crippen LogP contribution is 2.38. The Morgan fingerprint density at radius 3 is 2.42 bits per heavy atom. The summed E-state index contributed by atoms with van der Waals surface area (Å²) >= 11 is 0. The van der Waals surface area contributed by atoms with Crippen LogP contribution in [0.25, 0.3) is 11.3 Å². The van der Waals surface area contributed by atoms with E-state index in [9.17, 15) is 14.4 Å². The summed E-state index contributed by atoms with van der Waals surface area (Å²) < 4.78 is 4.81. The molecule has 0 atom stereocenters. The molecule has 9 nitrogen and oxygen atoms in total. The zero-order valence-corrected chi connectivity index (χ0v) is 21.9. The van der Waals surface area contributed by atoms with Gasteiger partial charge in [0, 0.05) is 48.4 Å². The first-order valence-electron chi connectivity index (χ1n) is 12.3. The van der Waals surface area contributed by atoms with Crippen molar-refractivity contribution < 1.29 is 19.1 Å². The number of carbonyl (C=O) groups is 3. The van der Waals surface area contributed by atoms with Crippen LogP contribution in [-0.2, 0) is 14.3 Å². The van der Waals surface area contributed by atoms with E-state index >= 15 is 0 Å². The summed E-state index contributed by atoms with van der Waals surface area (Å²) in [5, 5.41) is 6.24. The molecule has 196 valence electrons. The van der Waals surface area contributed by atoms with Crippen LogP contribution in [0, 0.1) is 0 Å². The number of fused-ring (bicyclic) bond motifs is 1. The fourth-order valence-corrected chi connectivity index (χ4v) is 4.34. The van der Waals surface area contributed by atoms with Gasteiger partial charge >= 0.3 is 5.97 Å². The Morgan fingerprint density at radius 2 is 1.79 bits per heavy atom. The number of rotatable bonds is 9. The van der Waals surface area contributed by atoms with E-state index in [1.54, 1.807) is 48.5 Å². The van der Waals surface area contributed by atoms with Crippen molar-refractivity contribution in [2.45, 2.75) is 13.3 Å². The van der Waals surface area contributed by atoms with Crippen molar-refractivity contribution >= 4 is 46.1 Å². The van der Waals surface area contributed by atoms with E-state index in [2.05, 4.69) is 20.5 Å². The summed E-state index contributed by atoms with van der Waals surface area (Å²) in [5.41, 5.74) is 4.81. The van der Waals surface area contributed by atoms with Gasteiger partial charge in [0.15, 0.2) is 0 Å². The van der Waals surface area contributed by atoms with Gasteiger partial charge in [-0.25, -0.2) is 4.79 Å². The van der Waals surface area contributed by atoms with Gasteiger partial charge in [-0.05, 0) is 75.6 Å². The lowest BCUT2D eigenvalue weighted by atomic mass is 9.99. The first-order chi connectivity index (χ1) is 18.3. The highest BCUT2D eigenvalue weighted by atomic mass is 16.5. The molecule has 0 aliphatic carbocycles. The van der Waals surface area contributed by atoms with Crippen LogP contribution < -0.4 is 15.5 Å². The minimum Gasteiger partial charge on any atom is -0.465 e. The van der Waals surface area contributed by atoms with E-state index in [-0.39, 0.29) is 11.8 Å². The smallest absolute Gasteiger partial charge is 0.337 e. The molecule has 0 bridgehead atoms. The number of anilines is 3. The SMILES string of the molecule is COC(=O)c1ccc2c(c1)NC(=O)C2=C(Nc1ccc(N(CCCN(C)C)C(C)=O)cc1)c1cccnc1. The average molecular weight is 514 g/mol. The number of methoxy groups -OCH3 is 1. The van der Waals surface area contributed by atoms with Crippen molar-refractivity contribution in [2.24, 2.45) is 0 Å². The molecule has 0 saturated carbocycles. The summed E-state index contributed by atoms with van der Waals surface area (Å²) in [5.74, 6) is -0.798. The Morgan fingerprint density at radius 1 is 1.03 bits per heavy atom. The Labute approximate surface area is 222 Å². The number of carbonyl (C=O) groups excluding carboxylic acids is 3. The van der Waals surface area contributed by atoms with Gasteiger partial charge in [-0.2, -0.15) is 0 Å². The molecule has 9 heteroatoms. The van der Waals surface area contributed by atoms with E-state index in [0.29, 0.717) is 34.6 Å². The summed E-state index contributed by atoms with van der Waals surface area (Å²) in [6.45, 7) is 3.07. The largest absolute Gasteiger partial charge is 0.465 e. The van der Waals surface area contributed by atoms with Gasteiger partial charge in [-0.15, -0.1) is 0 Å². The molecule has 0 saturated heterocycles. The second kappa shape index (κ2) is 11.7. The molecule has 0 spiro atoms. The van der Waals surface area contributed by atoms with Crippen molar-refractivity contribution in [3.8, 4) is 0 Å². The van der Waals surface area contributed by atoms with Gasteiger partial charge < -0.3 is 25.2 Å². The number of amides is 2. The lowest BCUT2D eigenvalue weighted by Crippen LogP contribution is -2.31. The molecule has 2 amide bonds. The minimum atomic E-state index is -0.480. The monoisotopic (exact) mass is 513 g/mol.